The summed E-state index contributed by atoms with van der Waals surface area (Å²) in [6, 6.07) is 5.01. The topological polar surface area (TPSA) is 61.0 Å². The molecule has 0 radical (unpaired) electrons. The van der Waals surface area contributed by atoms with E-state index in [1.807, 2.05) is 17.8 Å². The third-order valence-electron chi connectivity index (χ3n) is 2.39. The van der Waals surface area contributed by atoms with Crippen molar-refractivity contribution in [2.45, 2.75) is 6.92 Å². The van der Waals surface area contributed by atoms with Crippen molar-refractivity contribution in [3.63, 3.8) is 0 Å². The molecule has 0 saturated heterocycles. The van der Waals surface area contributed by atoms with Gasteiger partial charge < -0.3 is 4.57 Å². The van der Waals surface area contributed by atoms with E-state index in [0.717, 1.165) is 11.3 Å². The van der Waals surface area contributed by atoms with Gasteiger partial charge in [0.2, 0.25) is 0 Å². The number of hydrogen-bond acceptors (Lipinski definition) is 3. The van der Waals surface area contributed by atoms with E-state index in [1.54, 1.807) is 25.4 Å². The summed E-state index contributed by atoms with van der Waals surface area (Å²) in [6.45, 7) is 1.73. The van der Waals surface area contributed by atoms with Crippen molar-refractivity contribution in [1.82, 2.24) is 9.55 Å². The first-order valence-electron chi connectivity index (χ1n) is 4.81. The molecule has 2 rings (SSSR count). The standard InChI is InChI=1S/C11H11N3O2/c1-8-5-9(3-4-11(8)14(15)16)10-6-13(2)7-12-10/h3-7H,1-2H3. The second-order valence-electron chi connectivity index (χ2n) is 3.68. The molecule has 1 aromatic carbocycles. The molecule has 1 heterocycles. The van der Waals surface area contributed by atoms with Crippen molar-refractivity contribution in [3.05, 3.63) is 46.4 Å². The van der Waals surface area contributed by atoms with Crippen LogP contribution in [0.3, 0.4) is 0 Å². The molecule has 0 spiro atoms. The van der Waals surface area contributed by atoms with E-state index in [-0.39, 0.29) is 10.6 Å². The number of hydrogen-bond donors (Lipinski definition) is 0. The Bertz CT molecular complexity index is 546. The fraction of sp³-hybridized carbons (Fsp3) is 0.182. The van der Waals surface area contributed by atoms with Crippen molar-refractivity contribution in [1.29, 1.82) is 0 Å². The summed E-state index contributed by atoms with van der Waals surface area (Å²) in [5.41, 5.74) is 2.50. The smallest absolute Gasteiger partial charge is 0.272 e. The summed E-state index contributed by atoms with van der Waals surface area (Å²) in [4.78, 5) is 14.5. The maximum absolute atomic E-state index is 10.7. The summed E-state index contributed by atoms with van der Waals surface area (Å²) in [5, 5.41) is 10.7. The maximum Gasteiger partial charge on any atom is 0.272 e. The molecule has 2 aromatic rings. The van der Waals surface area contributed by atoms with Crippen LogP contribution in [0.25, 0.3) is 11.3 Å². The van der Waals surface area contributed by atoms with Crippen LogP contribution in [0.4, 0.5) is 5.69 Å². The Kier molecular flexibility index (Phi) is 2.44. The molecule has 0 aliphatic rings. The van der Waals surface area contributed by atoms with Gasteiger partial charge >= 0.3 is 0 Å². The van der Waals surface area contributed by atoms with Crippen LogP contribution in [0.15, 0.2) is 30.7 Å². The first-order valence-corrected chi connectivity index (χ1v) is 4.81. The van der Waals surface area contributed by atoms with Gasteiger partial charge in [-0.15, -0.1) is 0 Å². The molecule has 0 fully saturated rings. The van der Waals surface area contributed by atoms with Gasteiger partial charge in [0.15, 0.2) is 0 Å². The van der Waals surface area contributed by atoms with Gasteiger partial charge in [0.1, 0.15) is 0 Å². The molecule has 0 aliphatic heterocycles. The monoisotopic (exact) mass is 217 g/mol. The summed E-state index contributed by atoms with van der Waals surface area (Å²) in [7, 11) is 1.88. The molecule has 0 aliphatic carbocycles. The van der Waals surface area contributed by atoms with E-state index in [9.17, 15) is 10.1 Å². The molecule has 0 saturated carbocycles. The van der Waals surface area contributed by atoms with Crippen molar-refractivity contribution >= 4 is 5.69 Å². The van der Waals surface area contributed by atoms with Gasteiger partial charge in [-0.2, -0.15) is 0 Å². The summed E-state index contributed by atoms with van der Waals surface area (Å²) in [6.07, 6.45) is 3.58. The molecule has 5 nitrogen and oxygen atoms in total. The molecule has 82 valence electrons. The van der Waals surface area contributed by atoms with Gasteiger partial charge in [-0.3, -0.25) is 10.1 Å². The Morgan fingerprint density at radius 1 is 1.44 bits per heavy atom. The van der Waals surface area contributed by atoms with Crippen molar-refractivity contribution in [2.24, 2.45) is 7.05 Å². The van der Waals surface area contributed by atoms with Crippen LogP contribution in [-0.4, -0.2) is 14.5 Å². The highest BCUT2D eigenvalue weighted by Crippen LogP contribution is 2.24. The number of imidazole rings is 1. The van der Waals surface area contributed by atoms with Gasteiger partial charge in [0, 0.05) is 30.4 Å². The zero-order valence-electron chi connectivity index (χ0n) is 9.04. The Labute approximate surface area is 92.5 Å². The fourth-order valence-electron chi connectivity index (χ4n) is 1.58. The first kappa shape index (κ1) is 10.4. The summed E-state index contributed by atoms with van der Waals surface area (Å²) < 4.78 is 1.84. The Hall–Kier alpha value is -2.17. The minimum Gasteiger partial charge on any atom is -0.340 e. The molecule has 5 heteroatoms. The van der Waals surface area contributed by atoms with Crippen LogP contribution in [0, 0.1) is 17.0 Å². The molecule has 0 amide bonds. The van der Waals surface area contributed by atoms with Crippen LogP contribution in [0.1, 0.15) is 5.56 Å². The zero-order chi connectivity index (χ0) is 11.7. The van der Waals surface area contributed by atoms with Crippen LogP contribution in [0.5, 0.6) is 0 Å². The maximum atomic E-state index is 10.7. The number of nitro benzene ring substituents is 1. The second kappa shape index (κ2) is 3.77. The number of nitrogens with zero attached hydrogens (tertiary/aromatic N) is 3. The number of aromatic nitrogens is 2. The van der Waals surface area contributed by atoms with Gasteiger partial charge in [-0.05, 0) is 19.1 Å². The van der Waals surface area contributed by atoms with E-state index in [2.05, 4.69) is 4.98 Å². The van der Waals surface area contributed by atoms with Crippen LogP contribution >= 0.6 is 0 Å². The summed E-state index contributed by atoms with van der Waals surface area (Å²) >= 11 is 0. The minimum atomic E-state index is -0.377. The van der Waals surface area contributed by atoms with E-state index in [0.29, 0.717) is 5.56 Å². The second-order valence-corrected chi connectivity index (χ2v) is 3.68. The molecule has 16 heavy (non-hydrogen) atoms. The molecular weight excluding hydrogens is 206 g/mol. The predicted molar refractivity (Wildman–Crippen MR) is 60.0 cm³/mol. The molecule has 0 N–H and O–H groups in total. The van der Waals surface area contributed by atoms with Gasteiger partial charge in [0.25, 0.3) is 5.69 Å². The third kappa shape index (κ3) is 1.79. The number of rotatable bonds is 2. The van der Waals surface area contributed by atoms with E-state index in [4.69, 9.17) is 0 Å². The lowest BCUT2D eigenvalue weighted by Gasteiger charge is -2.00. The van der Waals surface area contributed by atoms with Crippen molar-refractivity contribution in [2.75, 3.05) is 0 Å². The number of aryl methyl sites for hydroxylation is 2. The molecular formula is C11H11N3O2. The molecule has 0 unspecified atom stereocenters. The van der Waals surface area contributed by atoms with Crippen LogP contribution in [0.2, 0.25) is 0 Å². The molecule has 0 bridgehead atoms. The normalized spacial score (nSPS) is 10.4. The lowest BCUT2D eigenvalue weighted by molar-refractivity contribution is -0.385. The highest BCUT2D eigenvalue weighted by Gasteiger charge is 2.11. The van der Waals surface area contributed by atoms with E-state index < -0.39 is 0 Å². The van der Waals surface area contributed by atoms with Gasteiger partial charge in [0.05, 0.1) is 16.9 Å². The zero-order valence-corrected chi connectivity index (χ0v) is 9.04. The van der Waals surface area contributed by atoms with Gasteiger partial charge in [-0.1, -0.05) is 0 Å². The van der Waals surface area contributed by atoms with Crippen molar-refractivity contribution < 1.29 is 4.92 Å². The summed E-state index contributed by atoms with van der Waals surface area (Å²) in [5.74, 6) is 0. The SMILES string of the molecule is Cc1cc(-c2cn(C)cn2)ccc1[N+](=O)[O-]. The highest BCUT2D eigenvalue weighted by molar-refractivity contribution is 5.62. The highest BCUT2D eigenvalue weighted by atomic mass is 16.6. The number of benzene rings is 1. The lowest BCUT2D eigenvalue weighted by Crippen LogP contribution is -1.91. The average molecular weight is 217 g/mol. The van der Waals surface area contributed by atoms with Gasteiger partial charge in [-0.25, -0.2) is 4.98 Å². The Morgan fingerprint density at radius 3 is 2.69 bits per heavy atom. The molecule has 1 aromatic heterocycles. The lowest BCUT2D eigenvalue weighted by atomic mass is 10.1. The third-order valence-corrected chi connectivity index (χ3v) is 2.39. The Balaban J connectivity index is 2.45. The van der Waals surface area contributed by atoms with Crippen molar-refractivity contribution in [3.8, 4) is 11.3 Å². The minimum absolute atomic E-state index is 0.139. The predicted octanol–water partition coefficient (Wildman–Crippen LogP) is 2.30. The van der Waals surface area contributed by atoms with Crippen LogP contribution < -0.4 is 0 Å². The molecule has 0 atom stereocenters. The van der Waals surface area contributed by atoms with Crippen LogP contribution in [-0.2, 0) is 7.05 Å². The quantitative estimate of drug-likeness (QED) is 0.572. The largest absolute Gasteiger partial charge is 0.340 e. The average Bonchev–Trinajstić information content (AvgIpc) is 2.64. The fourth-order valence-corrected chi connectivity index (χ4v) is 1.58. The van der Waals surface area contributed by atoms with E-state index in [1.165, 1.54) is 6.07 Å². The Morgan fingerprint density at radius 2 is 2.19 bits per heavy atom. The number of nitro groups is 1. The van der Waals surface area contributed by atoms with E-state index >= 15 is 0 Å². The first-order chi connectivity index (χ1) is 7.58.